The SMILES string of the molecule is CN(C)c1cccc(COc2ccc(NC(=O)c3ccc(Cl)cc3Cl)c(C(=O)O)c2)c1.[LiH]. The van der Waals surface area contributed by atoms with Crippen LogP contribution in [0.1, 0.15) is 26.3 Å². The summed E-state index contributed by atoms with van der Waals surface area (Å²) < 4.78 is 5.76. The number of amides is 1. The van der Waals surface area contributed by atoms with E-state index >= 15 is 0 Å². The third-order valence-electron chi connectivity index (χ3n) is 4.48. The molecule has 0 spiro atoms. The number of halogens is 2. The first-order valence-electron chi connectivity index (χ1n) is 9.27. The second kappa shape index (κ2) is 11.3. The number of carboxylic acid groups (broad SMARTS) is 1. The fourth-order valence-corrected chi connectivity index (χ4v) is 3.35. The molecule has 0 aliphatic rings. The molecule has 1 amide bonds. The van der Waals surface area contributed by atoms with E-state index in [9.17, 15) is 14.7 Å². The topological polar surface area (TPSA) is 78.9 Å². The van der Waals surface area contributed by atoms with Crippen molar-refractivity contribution in [3.63, 3.8) is 0 Å². The number of aromatic carboxylic acids is 1. The van der Waals surface area contributed by atoms with Gasteiger partial charge in [-0.15, -0.1) is 0 Å². The van der Waals surface area contributed by atoms with Crippen LogP contribution in [0.15, 0.2) is 60.7 Å². The van der Waals surface area contributed by atoms with Gasteiger partial charge in [-0.05, 0) is 54.1 Å². The number of rotatable bonds is 7. The van der Waals surface area contributed by atoms with Crippen LogP contribution >= 0.6 is 23.2 Å². The van der Waals surface area contributed by atoms with Crippen molar-refractivity contribution in [1.82, 2.24) is 0 Å². The van der Waals surface area contributed by atoms with Gasteiger partial charge in [-0.1, -0.05) is 35.3 Å². The van der Waals surface area contributed by atoms with Gasteiger partial charge in [0.2, 0.25) is 0 Å². The van der Waals surface area contributed by atoms with Gasteiger partial charge in [0.05, 0.1) is 21.8 Å². The van der Waals surface area contributed by atoms with Gasteiger partial charge in [-0.25, -0.2) is 4.79 Å². The van der Waals surface area contributed by atoms with Gasteiger partial charge in [-0.2, -0.15) is 0 Å². The second-order valence-electron chi connectivity index (χ2n) is 6.94. The van der Waals surface area contributed by atoms with E-state index in [-0.39, 0.29) is 47.3 Å². The van der Waals surface area contributed by atoms with E-state index in [1.807, 2.05) is 43.3 Å². The molecule has 3 aromatic rings. The molecule has 0 heterocycles. The van der Waals surface area contributed by atoms with Crippen LogP contribution in [-0.2, 0) is 6.61 Å². The Morgan fingerprint density at radius 2 is 1.75 bits per heavy atom. The molecule has 3 aromatic carbocycles. The number of hydrogen-bond acceptors (Lipinski definition) is 4. The summed E-state index contributed by atoms with van der Waals surface area (Å²) >= 11 is 11.9. The van der Waals surface area contributed by atoms with Crippen LogP contribution in [0.2, 0.25) is 10.0 Å². The minimum atomic E-state index is -1.20. The average Bonchev–Trinajstić information content (AvgIpc) is 2.72. The third-order valence-corrected chi connectivity index (χ3v) is 5.03. The maximum absolute atomic E-state index is 12.5. The number of carbonyl (C=O) groups excluding carboxylic acids is 1. The molecule has 2 N–H and O–H groups in total. The number of carboxylic acids is 1. The summed E-state index contributed by atoms with van der Waals surface area (Å²) in [5.74, 6) is -1.37. The van der Waals surface area contributed by atoms with Crippen molar-refractivity contribution in [1.29, 1.82) is 0 Å². The first kappa shape index (κ1) is 25.6. The van der Waals surface area contributed by atoms with Crippen LogP contribution in [0.4, 0.5) is 11.4 Å². The molecule has 0 saturated heterocycles. The molecule has 162 valence electrons. The molecule has 0 aliphatic heterocycles. The van der Waals surface area contributed by atoms with Gasteiger partial charge in [-0.3, -0.25) is 4.79 Å². The molecular weight excluding hydrogens is 446 g/mol. The van der Waals surface area contributed by atoms with E-state index < -0.39 is 11.9 Å². The monoisotopic (exact) mass is 466 g/mol. The van der Waals surface area contributed by atoms with Crippen LogP contribution < -0.4 is 15.0 Å². The molecule has 0 bridgehead atoms. The zero-order chi connectivity index (χ0) is 22.5. The van der Waals surface area contributed by atoms with Crippen LogP contribution in [0.5, 0.6) is 5.75 Å². The van der Waals surface area contributed by atoms with E-state index in [0.29, 0.717) is 10.8 Å². The molecule has 3 rings (SSSR count). The summed E-state index contributed by atoms with van der Waals surface area (Å²) in [6.07, 6.45) is 0. The van der Waals surface area contributed by atoms with Crippen molar-refractivity contribution >= 4 is 65.3 Å². The summed E-state index contributed by atoms with van der Waals surface area (Å²) in [7, 11) is 3.90. The third kappa shape index (κ3) is 6.44. The number of carbonyl (C=O) groups is 2. The molecule has 0 atom stereocenters. The van der Waals surface area contributed by atoms with Gasteiger partial charge < -0.3 is 20.1 Å². The second-order valence-corrected chi connectivity index (χ2v) is 7.79. The number of hydrogen-bond donors (Lipinski definition) is 2. The van der Waals surface area contributed by atoms with Crippen molar-refractivity contribution in [3.05, 3.63) is 87.4 Å². The molecule has 0 saturated carbocycles. The summed E-state index contributed by atoms with van der Waals surface area (Å²) in [5, 5.41) is 12.7. The fraction of sp³-hybridized carbons (Fsp3) is 0.130. The Hall–Kier alpha value is -2.62. The molecule has 0 aliphatic carbocycles. The average molecular weight is 467 g/mol. The van der Waals surface area contributed by atoms with Gasteiger partial charge in [0.25, 0.3) is 5.91 Å². The Kier molecular flexibility index (Phi) is 9.06. The van der Waals surface area contributed by atoms with Gasteiger partial charge >= 0.3 is 24.8 Å². The minimum absolute atomic E-state index is 0. The maximum atomic E-state index is 12.5. The normalized spacial score (nSPS) is 10.1. The standard InChI is InChI=1S/C23H20Cl2N2O4.Li.H/c1-27(2)16-5-3-4-14(10-16)13-31-17-7-9-21(19(12-17)23(29)30)26-22(28)18-8-6-15(24)11-20(18)25;;/h3-12H,13H2,1-2H3,(H,26,28)(H,29,30);;. The Balaban J connectivity index is 0.00000363. The molecule has 0 radical (unpaired) electrons. The first-order chi connectivity index (χ1) is 14.7. The van der Waals surface area contributed by atoms with Crippen LogP contribution in [0.3, 0.4) is 0 Å². The molecule has 9 heteroatoms. The summed E-state index contributed by atoms with van der Waals surface area (Å²) in [4.78, 5) is 26.3. The molecule has 0 fully saturated rings. The van der Waals surface area contributed by atoms with E-state index in [0.717, 1.165) is 11.3 Å². The number of anilines is 2. The fourth-order valence-electron chi connectivity index (χ4n) is 2.85. The summed E-state index contributed by atoms with van der Waals surface area (Å²) in [6, 6.07) is 16.7. The van der Waals surface area contributed by atoms with Crippen LogP contribution in [-0.4, -0.2) is 49.9 Å². The van der Waals surface area contributed by atoms with E-state index in [1.54, 1.807) is 6.07 Å². The van der Waals surface area contributed by atoms with Gasteiger partial charge in [0.1, 0.15) is 12.4 Å². The Morgan fingerprint density at radius 1 is 1.00 bits per heavy atom. The zero-order valence-electron chi connectivity index (χ0n) is 16.9. The first-order valence-corrected chi connectivity index (χ1v) is 10.0. The van der Waals surface area contributed by atoms with E-state index in [1.165, 1.54) is 30.3 Å². The van der Waals surface area contributed by atoms with Crippen molar-refractivity contribution in [2.24, 2.45) is 0 Å². The van der Waals surface area contributed by atoms with Crippen molar-refractivity contribution < 1.29 is 19.4 Å². The zero-order valence-corrected chi connectivity index (χ0v) is 18.4. The van der Waals surface area contributed by atoms with Gasteiger partial charge in [0.15, 0.2) is 0 Å². The quantitative estimate of drug-likeness (QED) is 0.482. The van der Waals surface area contributed by atoms with Crippen LogP contribution in [0.25, 0.3) is 0 Å². The molecule has 0 unspecified atom stereocenters. The predicted octanol–water partition coefficient (Wildman–Crippen LogP) is 4.94. The Bertz CT molecular complexity index is 1140. The number of benzene rings is 3. The summed E-state index contributed by atoms with van der Waals surface area (Å²) in [6.45, 7) is 0.271. The molecule has 6 nitrogen and oxygen atoms in total. The van der Waals surface area contributed by atoms with Crippen molar-refractivity contribution in [2.75, 3.05) is 24.3 Å². The molecule has 32 heavy (non-hydrogen) atoms. The summed E-state index contributed by atoms with van der Waals surface area (Å²) in [5.41, 5.74) is 2.19. The number of nitrogens with zero attached hydrogens (tertiary/aromatic N) is 1. The van der Waals surface area contributed by atoms with Gasteiger partial charge in [0, 0.05) is 24.8 Å². The van der Waals surface area contributed by atoms with Crippen LogP contribution in [0, 0.1) is 0 Å². The van der Waals surface area contributed by atoms with Crippen molar-refractivity contribution in [3.8, 4) is 5.75 Å². The number of nitrogens with one attached hydrogen (secondary N) is 1. The predicted molar refractivity (Wildman–Crippen MR) is 130 cm³/mol. The molecular formula is C23H21Cl2LiN2O4. The van der Waals surface area contributed by atoms with E-state index in [2.05, 4.69) is 5.32 Å². The molecule has 0 aromatic heterocycles. The number of ether oxygens (including phenoxy) is 1. The Labute approximate surface area is 208 Å². The Morgan fingerprint density at radius 3 is 2.41 bits per heavy atom. The van der Waals surface area contributed by atoms with Crippen molar-refractivity contribution in [2.45, 2.75) is 6.61 Å². The van der Waals surface area contributed by atoms with E-state index in [4.69, 9.17) is 27.9 Å².